The van der Waals surface area contributed by atoms with Gasteiger partial charge >= 0.3 is 0 Å². The Morgan fingerprint density at radius 3 is 2.56 bits per heavy atom. The van der Waals surface area contributed by atoms with E-state index in [0.717, 1.165) is 13.1 Å². The summed E-state index contributed by atoms with van der Waals surface area (Å²) in [5.41, 5.74) is 5.47. The molecule has 1 radical (unpaired) electrons. The van der Waals surface area contributed by atoms with Crippen LogP contribution in [-0.2, 0) is 6.54 Å². The zero-order valence-corrected chi connectivity index (χ0v) is 9.78. The topological polar surface area (TPSA) is 17.9 Å². The van der Waals surface area contributed by atoms with Gasteiger partial charge in [-0.15, -0.1) is 5.43 Å². The van der Waals surface area contributed by atoms with Crippen LogP contribution >= 0.6 is 0 Å². The molecule has 1 heterocycles. The van der Waals surface area contributed by atoms with Crippen LogP contribution in [0, 0.1) is 0 Å². The van der Waals surface area contributed by atoms with Crippen LogP contribution in [-0.4, -0.2) is 12.1 Å². The van der Waals surface area contributed by atoms with E-state index >= 15 is 0 Å². The second kappa shape index (κ2) is 4.19. The first-order valence-corrected chi connectivity index (χ1v) is 6.44. The third-order valence-corrected chi connectivity index (χ3v) is 4.18. The van der Waals surface area contributed by atoms with Gasteiger partial charge in [-0.05, 0) is 12.8 Å². The molecular formula is C14H20N2+. The normalized spacial score (nSPS) is 24.2. The van der Waals surface area contributed by atoms with Gasteiger partial charge in [0.1, 0.15) is 0 Å². The standard InChI is InChI=1S/C14H20N2/c1-2-6-13(7-3-1)12-16-14(10-11-15-16)8-4-5-9-14/h1-3,6-7,15H,4-5,8-12H2/q+1. The highest BCUT2D eigenvalue weighted by Crippen LogP contribution is 2.38. The zero-order valence-electron chi connectivity index (χ0n) is 9.78. The number of hydrogen-bond donors (Lipinski definition) is 1. The number of hydrogen-bond acceptors (Lipinski definition) is 2. The van der Waals surface area contributed by atoms with Crippen molar-refractivity contribution < 1.29 is 0 Å². The zero-order chi connectivity index (χ0) is 10.8. The summed E-state index contributed by atoms with van der Waals surface area (Å²) in [6, 6.07) is 10.8. The summed E-state index contributed by atoms with van der Waals surface area (Å²) in [5.74, 6) is 0. The van der Waals surface area contributed by atoms with Gasteiger partial charge in [0.15, 0.2) is 12.1 Å². The Labute approximate surface area is 97.6 Å². The van der Waals surface area contributed by atoms with Gasteiger partial charge in [-0.1, -0.05) is 35.3 Å². The van der Waals surface area contributed by atoms with E-state index in [2.05, 4.69) is 40.8 Å². The molecule has 0 unspecified atom stereocenters. The molecule has 85 valence electrons. The minimum atomic E-state index is 0.482. The molecule has 1 saturated heterocycles. The summed E-state index contributed by atoms with van der Waals surface area (Å²) in [6.07, 6.45) is 6.92. The van der Waals surface area contributed by atoms with E-state index in [1.165, 1.54) is 37.7 Å². The molecule has 1 aliphatic carbocycles. The van der Waals surface area contributed by atoms with E-state index in [1.54, 1.807) is 0 Å². The van der Waals surface area contributed by atoms with Gasteiger partial charge in [0, 0.05) is 24.8 Å². The Hall–Kier alpha value is -0.860. The van der Waals surface area contributed by atoms with Gasteiger partial charge in [-0.25, -0.2) is 0 Å². The second-order valence-electron chi connectivity index (χ2n) is 5.16. The van der Waals surface area contributed by atoms with E-state index < -0.39 is 0 Å². The highest BCUT2D eigenvalue weighted by Gasteiger charge is 2.51. The Kier molecular flexibility index (Phi) is 2.70. The first-order valence-electron chi connectivity index (χ1n) is 6.44. The number of nitrogens with zero attached hydrogens (tertiary/aromatic N) is 1. The molecule has 0 amide bonds. The number of nitrogens with one attached hydrogen (secondary N) is 1. The lowest BCUT2D eigenvalue weighted by molar-refractivity contribution is 0.198. The van der Waals surface area contributed by atoms with Crippen LogP contribution in [0.1, 0.15) is 37.7 Å². The molecule has 2 nitrogen and oxygen atoms in total. The van der Waals surface area contributed by atoms with Crippen molar-refractivity contribution in [3.05, 3.63) is 35.9 Å². The fourth-order valence-corrected chi connectivity index (χ4v) is 3.27. The van der Waals surface area contributed by atoms with Crippen LogP contribution in [0.15, 0.2) is 30.3 Å². The number of hydrazine groups is 1. The fourth-order valence-electron chi connectivity index (χ4n) is 3.27. The SMILES string of the molecule is c1ccc(C[N+]2NCCC23CCCC3)cc1. The Balaban J connectivity index is 1.75. The summed E-state index contributed by atoms with van der Waals surface area (Å²) >= 11 is 0. The lowest BCUT2D eigenvalue weighted by atomic mass is 9.94. The van der Waals surface area contributed by atoms with Crippen molar-refractivity contribution in [2.45, 2.75) is 44.2 Å². The van der Waals surface area contributed by atoms with Crippen molar-refractivity contribution >= 4 is 0 Å². The van der Waals surface area contributed by atoms with Gasteiger partial charge in [0.25, 0.3) is 0 Å². The molecule has 1 aliphatic heterocycles. The molecule has 1 aromatic rings. The maximum Gasteiger partial charge on any atom is 0.170 e. The van der Waals surface area contributed by atoms with Gasteiger partial charge < -0.3 is 0 Å². The van der Waals surface area contributed by atoms with Crippen LogP contribution in [0.3, 0.4) is 0 Å². The lowest BCUT2D eigenvalue weighted by Crippen LogP contribution is -2.50. The number of rotatable bonds is 2. The van der Waals surface area contributed by atoms with Crippen LogP contribution in [0.25, 0.3) is 0 Å². The summed E-state index contributed by atoms with van der Waals surface area (Å²) in [6.45, 7) is 2.22. The maximum atomic E-state index is 3.57. The minimum Gasteiger partial charge on any atom is -0.117 e. The van der Waals surface area contributed by atoms with E-state index in [-0.39, 0.29) is 0 Å². The molecule has 0 bridgehead atoms. The monoisotopic (exact) mass is 216 g/mol. The average molecular weight is 216 g/mol. The largest absolute Gasteiger partial charge is 0.170 e. The first kappa shape index (κ1) is 10.3. The molecule has 3 rings (SSSR count). The molecule has 1 saturated carbocycles. The Morgan fingerprint density at radius 1 is 1.06 bits per heavy atom. The van der Waals surface area contributed by atoms with Crippen molar-refractivity contribution in [2.24, 2.45) is 0 Å². The van der Waals surface area contributed by atoms with Gasteiger partial charge in [-0.2, -0.15) is 0 Å². The molecule has 1 spiro atoms. The molecule has 0 atom stereocenters. The molecule has 1 N–H and O–H groups in total. The highest BCUT2D eigenvalue weighted by atomic mass is 15.6. The molecule has 0 aromatic heterocycles. The quantitative estimate of drug-likeness (QED) is 0.752. The van der Waals surface area contributed by atoms with Crippen molar-refractivity contribution in [1.29, 1.82) is 0 Å². The summed E-state index contributed by atoms with van der Waals surface area (Å²) < 4.78 is 0. The third kappa shape index (κ3) is 1.76. The van der Waals surface area contributed by atoms with Crippen molar-refractivity contribution in [3.63, 3.8) is 0 Å². The number of benzene rings is 1. The van der Waals surface area contributed by atoms with Gasteiger partial charge in [0.05, 0.1) is 6.54 Å². The van der Waals surface area contributed by atoms with E-state index in [9.17, 15) is 0 Å². The smallest absolute Gasteiger partial charge is 0.117 e. The molecular weight excluding hydrogens is 196 g/mol. The highest BCUT2D eigenvalue weighted by molar-refractivity contribution is 5.16. The van der Waals surface area contributed by atoms with E-state index in [1.807, 2.05) is 0 Å². The third-order valence-electron chi connectivity index (χ3n) is 4.18. The second-order valence-corrected chi connectivity index (χ2v) is 5.16. The van der Waals surface area contributed by atoms with Crippen molar-refractivity contribution in [2.75, 3.05) is 6.54 Å². The van der Waals surface area contributed by atoms with Crippen LogP contribution in [0.2, 0.25) is 0 Å². The fraction of sp³-hybridized carbons (Fsp3) is 0.571. The van der Waals surface area contributed by atoms with Gasteiger partial charge in [-0.3, -0.25) is 0 Å². The lowest BCUT2D eigenvalue weighted by Gasteiger charge is -2.23. The van der Waals surface area contributed by atoms with Crippen LogP contribution in [0.4, 0.5) is 0 Å². The molecule has 16 heavy (non-hydrogen) atoms. The molecule has 1 aromatic carbocycles. The first-order chi connectivity index (χ1) is 7.89. The predicted octanol–water partition coefficient (Wildman–Crippen LogP) is 2.55. The predicted molar refractivity (Wildman–Crippen MR) is 66.1 cm³/mol. The molecule has 2 fully saturated rings. The van der Waals surface area contributed by atoms with Crippen LogP contribution in [0.5, 0.6) is 0 Å². The summed E-state index contributed by atoms with van der Waals surface area (Å²) in [7, 11) is 0. The van der Waals surface area contributed by atoms with E-state index in [0.29, 0.717) is 5.54 Å². The van der Waals surface area contributed by atoms with Gasteiger partial charge in [0.2, 0.25) is 0 Å². The summed E-state index contributed by atoms with van der Waals surface area (Å²) in [5, 5.41) is 2.51. The Morgan fingerprint density at radius 2 is 1.81 bits per heavy atom. The average Bonchev–Trinajstić information content (AvgIpc) is 2.93. The summed E-state index contributed by atoms with van der Waals surface area (Å²) in [4.78, 5) is 0. The molecule has 2 heteroatoms. The molecule has 2 aliphatic rings. The Bertz CT molecular complexity index is 336. The maximum absolute atomic E-state index is 3.57. The van der Waals surface area contributed by atoms with Crippen molar-refractivity contribution in [1.82, 2.24) is 10.4 Å². The van der Waals surface area contributed by atoms with Crippen LogP contribution < -0.4 is 10.4 Å². The van der Waals surface area contributed by atoms with Crippen molar-refractivity contribution in [3.8, 4) is 0 Å². The van der Waals surface area contributed by atoms with E-state index in [4.69, 9.17) is 0 Å². The minimum absolute atomic E-state index is 0.482.